The number of aryl methyl sites for hydroxylation is 1. The summed E-state index contributed by atoms with van der Waals surface area (Å²) >= 11 is 0. The monoisotopic (exact) mass is 279 g/mol. The highest BCUT2D eigenvalue weighted by molar-refractivity contribution is 5.59. The SMILES string of the molecule is CCCc1cc(-n2cc(-c3ccc(N)cn3)cn2)ccn1. The van der Waals surface area contributed by atoms with Crippen LogP contribution in [0.15, 0.2) is 49.1 Å². The van der Waals surface area contributed by atoms with Gasteiger partial charge in [-0.15, -0.1) is 0 Å². The van der Waals surface area contributed by atoms with Gasteiger partial charge in [0.05, 0.1) is 29.5 Å². The van der Waals surface area contributed by atoms with Crippen molar-refractivity contribution < 1.29 is 0 Å². The number of nitrogens with two attached hydrogens (primary N) is 1. The van der Waals surface area contributed by atoms with Crippen molar-refractivity contribution >= 4 is 5.69 Å². The molecule has 0 saturated heterocycles. The average Bonchev–Trinajstić information content (AvgIpc) is 2.98. The van der Waals surface area contributed by atoms with Crippen molar-refractivity contribution in [2.75, 3.05) is 5.73 Å². The molecule has 5 nitrogen and oxygen atoms in total. The normalized spacial score (nSPS) is 10.7. The molecule has 0 radical (unpaired) electrons. The highest BCUT2D eigenvalue weighted by atomic mass is 15.3. The lowest BCUT2D eigenvalue weighted by molar-refractivity contribution is 0.848. The van der Waals surface area contributed by atoms with E-state index in [9.17, 15) is 0 Å². The Bertz CT molecular complexity index is 730. The molecule has 0 spiro atoms. The number of anilines is 1. The number of nitrogen functional groups attached to an aromatic ring is 1. The van der Waals surface area contributed by atoms with Crippen LogP contribution in [0.25, 0.3) is 16.9 Å². The summed E-state index contributed by atoms with van der Waals surface area (Å²) in [4.78, 5) is 8.67. The van der Waals surface area contributed by atoms with E-state index in [4.69, 9.17) is 5.73 Å². The molecule has 0 saturated carbocycles. The summed E-state index contributed by atoms with van der Waals surface area (Å²) in [5, 5.41) is 4.40. The summed E-state index contributed by atoms with van der Waals surface area (Å²) in [6, 6.07) is 7.75. The molecule has 0 aromatic carbocycles. The Hall–Kier alpha value is -2.69. The van der Waals surface area contributed by atoms with Crippen LogP contribution in [0.3, 0.4) is 0 Å². The zero-order valence-electron chi connectivity index (χ0n) is 11.9. The zero-order chi connectivity index (χ0) is 14.7. The summed E-state index contributed by atoms with van der Waals surface area (Å²) in [7, 11) is 0. The lowest BCUT2D eigenvalue weighted by Gasteiger charge is -2.03. The van der Waals surface area contributed by atoms with E-state index in [1.807, 2.05) is 35.3 Å². The number of hydrogen-bond acceptors (Lipinski definition) is 4. The van der Waals surface area contributed by atoms with Crippen molar-refractivity contribution in [3.63, 3.8) is 0 Å². The molecule has 0 aliphatic carbocycles. The van der Waals surface area contributed by atoms with E-state index in [1.54, 1.807) is 12.4 Å². The Labute approximate surface area is 123 Å². The predicted molar refractivity (Wildman–Crippen MR) is 83.0 cm³/mol. The second kappa shape index (κ2) is 5.75. The second-order valence-electron chi connectivity index (χ2n) is 4.91. The van der Waals surface area contributed by atoms with Crippen LogP contribution in [0.2, 0.25) is 0 Å². The van der Waals surface area contributed by atoms with Crippen molar-refractivity contribution in [2.24, 2.45) is 0 Å². The molecule has 3 heterocycles. The molecule has 0 aliphatic heterocycles. The molecule has 0 amide bonds. The maximum Gasteiger partial charge on any atom is 0.0735 e. The van der Waals surface area contributed by atoms with E-state index in [1.165, 1.54) is 0 Å². The van der Waals surface area contributed by atoms with Crippen LogP contribution in [0.1, 0.15) is 19.0 Å². The topological polar surface area (TPSA) is 69.6 Å². The molecule has 0 bridgehead atoms. The number of pyridine rings is 2. The molecule has 3 aromatic rings. The minimum atomic E-state index is 0.657. The van der Waals surface area contributed by atoms with Gasteiger partial charge in [-0.3, -0.25) is 9.97 Å². The van der Waals surface area contributed by atoms with Gasteiger partial charge in [0.25, 0.3) is 0 Å². The predicted octanol–water partition coefficient (Wildman–Crippen LogP) is 2.86. The van der Waals surface area contributed by atoms with Crippen molar-refractivity contribution in [1.82, 2.24) is 19.7 Å². The molecular formula is C16H17N5. The van der Waals surface area contributed by atoms with Gasteiger partial charge in [-0.2, -0.15) is 5.10 Å². The summed E-state index contributed by atoms with van der Waals surface area (Å²) in [5.74, 6) is 0. The number of hydrogen-bond donors (Lipinski definition) is 1. The van der Waals surface area contributed by atoms with Gasteiger partial charge < -0.3 is 5.73 Å². The summed E-state index contributed by atoms with van der Waals surface area (Å²) < 4.78 is 1.84. The van der Waals surface area contributed by atoms with Gasteiger partial charge in [0.15, 0.2) is 0 Å². The highest BCUT2D eigenvalue weighted by Gasteiger charge is 2.05. The third kappa shape index (κ3) is 2.91. The second-order valence-corrected chi connectivity index (χ2v) is 4.91. The standard InChI is InChI=1S/C16H17N5/c1-2-3-14-8-15(6-7-18-14)21-11-12(9-20-21)16-5-4-13(17)10-19-16/h4-11H,2-3,17H2,1H3. The number of rotatable bonds is 4. The summed E-state index contributed by atoms with van der Waals surface area (Å²) in [6.07, 6.45) is 9.29. The minimum absolute atomic E-state index is 0.657. The quantitative estimate of drug-likeness (QED) is 0.797. The molecule has 0 unspecified atom stereocenters. The van der Waals surface area contributed by atoms with Gasteiger partial charge in [-0.1, -0.05) is 13.3 Å². The van der Waals surface area contributed by atoms with Gasteiger partial charge in [-0.05, 0) is 30.7 Å². The molecule has 5 heteroatoms. The van der Waals surface area contributed by atoms with Crippen molar-refractivity contribution in [2.45, 2.75) is 19.8 Å². The van der Waals surface area contributed by atoms with Gasteiger partial charge in [0.1, 0.15) is 0 Å². The lowest BCUT2D eigenvalue weighted by Crippen LogP contribution is -1.97. The molecule has 0 aliphatic rings. The van der Waals surface area contributed by atoms with E-state index < -0.39 is 0 Å². The first-order valence-electron chi connectivity index (χ1n) is 6.98. The van der Waals surface area contributed by atoms with Gasteiger partial charge in [0.2, 0.25) is 0 Å². The van der Waals surface area contributed by atoms with E-state index in [0.717, 1.165) is 35.5 Å². The summed E-state index contributed by atoms with van der Waals surface area (Å²) in [5.41, 5.74) is 10.2. The van der Waals surface area contributed by atoms with Crippen molar-refractivity contribution in [3.8, 4) is 16.9 Å². The van der Waals surface area contributed by atoms with Crippen molar-refractivity contribution in [1.29, 1.82) is 0 Å². The number of aromatic nitrogens is 4. The Morgan fingerprint density at radius 3 is 2.81 bits per heavy atom. The zero-order valence-corrected chi connectivity index (χ0v) is 11.9. The van der Waals surface area contributed by atoms with E-state index in [0.29, 0.717) is 5.69 Å². The van der Waals surface area contributed by atoms with Crippen LogP contribution in [-0.4, -0.2) is 19.7 Å². The Morgan fingerprint density at radius 1 is 1.14 bits per heavy atom. The van der Waals surface area contributed by atoms with Gasteiger partial charge in [0, 0.05) is 23.7 Å². The first-order chi connectivity index (χ1) is 10.3. The van der Waals surface area contributed by atoms with Crippen LogP contribution in [0.4, 0.5) is 5.69 Å². The highest BCUT2D eigenvalue weighted by Crippen LogP contribution is 2.19. The largest absolute Gasteiger partial charge is 0.397 e. The van der Waals surface area contributed by atoms with E-state index in [-0.39, 0.29) is 0 Å². The van der Waals surface area contributed by atoms with Crippen LogP contribution < -0.4 is 5.73 Å². The third-order valence-electron chi connectivity index (χ3n) is 3.24. The maximum atomic E-state index is 5.66. The fourth-order valence-corrected chi connectivity index (χ4v) is 2.17. The van der Waals surface area contributed by atoms with Gasteiger partial charge >= 0.3 is 0 Å². The lowest BCUT2D eigenvalue weighted by atomic mass is 10.2. The molecule has 0 fully saturated rings. The first-order valence-corrected chi connectivity index (χ1v) is 6.98. The first kappa shape index (κ1) is 13.3. The van der Waals surface area contributed by atoms with Crippen LogP contribution in [0, 0.1) is 0 Å². The molecule has 3 rings (SSSR count). The fourth-order valence-electron chi connectivity index (χ4n) is 2.17. The van der Waals surface area contributed by atoms with Crippen LogP contribution in [0.5, 0.6) is 0 Å². The van der Waals surface area contributed by atoms with Gasteiger partial charge in [-0.25, -0.2) is 4.68 Å². The van der Waals surface area contributed by atoms with Crippen LogP contribution in [-0.2, 0) is 6.42 Å². The van der Waals surface area contributed by atoms with Crippen molar-refractivity contribution in [3.05, 3.63) is 54.7 Å². The molecule has 21 heavy (non-hydrogen) atoms. The van der Waals surface area contributed by atoms with E-state index in [2.05, 4.69) is 28.1 Å². The third-order valence-corrected chi connectivity index (χ3v) is 3.24. The molecule has 2 N–H and O–H groups in total. The summed E-state index contributed by atoms with van der Waals surface area (Å²) in [6.45, 7) is 2.15. The Kier molecular flexibility index (Phi) is 3.64. The molecule has 3 aromatic heterocycles. The van der Waals surface area contributed by atoms with Crippen LogP contribution >= 0.6 is 0 Å². The molecule has 0 atom stereocenters. The molecule has 106 valence electrons. The Balaban J connectivity index is 1.91. The Morgan fingerprint density at radius 2 is 2.05 bits per heavy atom. The average molecular weight is 279 g/mol. The maximum absolute atomic E-state index is 5.66. The minimum Gasteiger partial charge on any atom is -0.397 e. The smallest absolute Gasteiger partial charge is 0.0735 e. The van der Waals surface area contributed by atoms with E-state index >= 15 is 0 Å². The molecular weight excluding hydrogens is 262 g/mol. The fraction of sp³-hybridized carbons (Fsp3) is 0.188. The number of nitrogens with zero attached hydrogens (tertiary/aromatic N) is 4.